The van der Waals surface area contributed by atoms with Gasteiger partial charge in [0.1, 0.15) is 18.0 Å². The molecule has 0 spiro atoms. The van der Waals surface area contributed by atoms with Gasteiger partial charge in [0.05, 0.1) is 18.8 Å². The van der Waals surface area contributed by atoms with Gasteiger partial charge in [0, 0.05) is 0 Å². The summed E-state index contributed by atoms with van der Waals surface area (Å²) >= 11 is 0. The fourth-order valence-corrected chi connectivity index (χ4v) is 1.72. The summed E-state index contributed by atoms with van der Waals surface area (Å²) in [6, 6.07) is 5.43. The Morgan fingerprint density at radius 3 is 3.07 bits per heavy atom. The number of nitrogens with zero attached hydrogens (tertiary/aromatic N) is 1. The molecule has 5 heteroatoms. The lowest BCUT2D eigenvalue weighted by Gasteiger charge is -2.31. The predicted molar refractivity (Wildman–Crippen MR) is 57.8 cm³/mol. The van der Waals surface area contributed by atoms with Crippen LogP contribution in [-0.2, 0) is 4.79 Å². The number of para-hydroxylation sites is 1. The molecule has 15 heavy (non-hydrogen) atoms. The molecule has 2 rings (SSSR count). The zero-order valence-corrected chi connectivity index (χ0v) is 8.27. The number of carbonyl (C=O) groups is 1. The number of carbonyl (C=O) groups excluding carboxylic acids is 1. The molecule has 0 fully saturated rings. The van der Waals surface area contributed by atoms with Crippen molar-refractivity contribution in [2.45, 2.75) is 0 Å². The third-order valence-corrected chi connectivity index (χ3v) is 2.31. The highest BCUT2D eigenvalue weighted by Crippen LogP contribution is 2.36. The van der Waals surface area contributed by atoms with E-state index in [1.165, 1.54) is 0 Å². The van der Waals surface area contributed by atoms with E-state index < -0.39 is 0 Å². The number of benzene rings is 1. The third-order valence-electron chi connectivity index (χ3n) is 2.31. The summed E-state index contributed by atoms with van der Waals surface area (Å²) in [7, 11) is 0. The molecular weight excluding hydrogens is 194 g/mol. The van der Waals surface area contributed by atoms with Crippen LogP contribution in [0.5, 0.6) is 5.75 Å². The van der Waals surface area contributed by atoms with Gasteiger partial charge in [-0.15, -0.1) is 0 Å². The zero-order valence-electron chi connectivity index (χ0n) is 8.27. The van der Waals surface area contributed by atoms with E-state index in [4.69, 9.17) is 16.2 Å². The van der Waals surface area contributed by atoms with Crippen molar-refractivity contribution in [3.63, 3.8) is 0 Å². The Hall–Kier alpha value is -1.91. The molecule has 1 aliphatic rings. The van der Waals surface area contributed by atoms with E-state index in [-0.39, 0.29) is 12.5 Å². The molecule has 0 aromatic heterocycles. The molecule has 1 heterocycles. The molecule has 80 valence electrons. The lowest BCUT2D eigenvalue weighted by molar-refractivity contribution is -0.116. The van der Waals surface area contributed by atoms with Crippen molar-refractivity contribution in [2.75, 3.05) is 30.3 Å². The third kappa shape index (κ3) is 1.81. The second-order valence-corrected chi connectivity index (χ2v) is 3.43. The first-order valence-corrected chi connectivity index (χ1v) is 4.73. The number of nitrogen functional groups attached to an aromatic ring is 1. The Morgan fingerprint density at radius 2 is 2.33 bits per heavy atom. The number of hydrogen-bond acceptors (Lipinski definition) is 4. The van der Waals surface area contributed by atoms with E-state index >= 15 is 0 Å². The van der Waals surface area contributed by atoms with Crippen LogP contribution in [0.25, 0.3) is 0 Å². The van der Waals surface area contributed by atoms with Gasteiger partial charge >= 0.3 is 0 Å². The van der Waals surface area contributed by atoms with E-state index in [9.17, 15) is 4.79 Å². The standard InChI is InChI=1S/C10H13N3O2/c11-7-2-1-3-8-10(7)13(4-5-15-8)6-9(12)14/h1-3H,4-6,11H2,(H2,12,14). The number of anilines is 2. The first-order chi connectivity index (χ1) is 7.18. The average Bonchev–Trinajstić information content (AvgIpc) is 2.17. The summed E-state index contributed by atoms with van der Waals surface area (Å²) < 4.78 is 5.44. The molecule has 0 saturated carbocycles. The number of rotatable bonds is 2. The SMILES string of the molecule is NC(=O)CN1CCOc2cccc(N)c21. The quantitative estimate of drug-likeness (QED) is 0.666. The second kappa shape index (κ2) is 3.68. The van der Waals surface area contributed by atoms with E-state index in [1.807, 2.05) is 17.0 Å². The molecule has 0 bridgehead atoms. The Bertz CT molecular complexity index is 392. The summed E-state index contributed by atoms with van der Waals surface area (Å²) in [5.74, 6) is 0.341. The topological polar surface area (TPSA) is 81.6 Å². The van der Waals surface area contributed by atoms with Crippen molar-refractivity contribution in [1.29, 1.82) is 0 Å². The van der Waals surface area contributed by atoms with Gasteiger partial charge in [-0.2, -0.15) is 0 Å². The number of amides is 1. The van der Waals surface area contributed by atoms with Gasteiger partial charge in [0.2, 0.25) is 5.91 Å². The largest absolute Gasteiger partial charge is 0.489 e. The maximum atomic E-state index is 10.9. The Kier molecular flexibility index (Phi) is 2.37. The van der Waals surface area contributed by atoms with Crippen LogP contribution in [0.2, 0.25) is 0 Å². The van der Waals surface area contributed by atoms with Crippen LogP contribution in [0, 0.1) is 0 Å². The minimum atomic E-state index is -0.369. The highest BCUT2D eigenvalue weighted by molar-refractivity contribution is 5.84. The molecule has 1 amide bonds. The minimum absolute atomic E-state index is 0.171. The fraction of sp³-hybridized carbons (Fsp3) is 0.300. The maximum Gasteiger partial charge on any atom is 0.236 e. The summed E-state index contributed by atoms with van der Waals surface area (Å²) in [5, 5.41) is 0. The van der Waals surface area contributed by atoms with Crippen molar-refractivity contribution in [1.82, 2.24) is 0 Å². The Balaban J connectivity index is 2.36. The van der Waals surface area contributed by atoms with Gasteiger partial charge in [0.15, 0.2) is 0 Å². The van der Waals surface area contributed by atoms with Crippen molar-refractivity contribution < 1.29 is 9.53 Å². The molecule has 0 saturated heterocycles. The lowest BCUT2D eigenvalue weighted by atomic mass is 10.2. The summed E-state index contributed by atoms with van der Waals surface area (Å²) in [4.78, 5) is 12.7. The molecule has 1 aromatic carbocycles. The van der Waals surface area contributed by atoms with Crippen LogP contribution in [-0.4, -0.2) is 25.6 Å². The van der Waals surface area contributed by atoms with Gasteiger partial charge in [-0.3, -0.25) is 4.79 Å². The van der Waals surface area contributed by atoms with E-state index in [1.54, 1.807) is 6.07 Å². The van der Waals surface area contributed by atoms with E-state index in [2.05, 4.69) is 0 Å². The van der Waals surface area contributed by atoms with Crippen molar-refractivity contribution in [3.8, 4) is 5.75 Å². The molecule has 5 nitrogen and oxygen atoms in total. The van der Waals surface area contributed by atoms with Gasteiger partial charge in [-0.25, -0.2) is 0 Å². The van der Waals surface area contributed by atoms with E-state index in [0.29, 0.717) is 24.6 Å². The van der Waals surface area contributed by atoms with Crippen LogP contribution in [0.4, 0.5) is 11.4 Å². The minimum Gasteiger partial charge on any atom is -0.489 e. The zero-order chi connectivity index (χ0) is 10.8. The van der Waals surface area contributed by atoms with Crippen LogP contribution in [0.1, 0.15) is 0 Å². The van der Waals surface area contributed by atoms with Gasteiger partial charge in [-0.05, 0) is 12.1 Å². The number of primary amides is 1. The maximum absolute atomic E-state index is 10.9. The van der Waals surface area contributed by atoms with Crippen molar-refractivity contribution >= 4 is 17.3 Å². The summed E-state index contributed by atoms with van der Waals surface area (Å²) in [5.41, 5.74) is 12.4. The normalized spacial score (nSPS) is 14.3. The average molecular weight is 207 g/mol. The highest BCUT2D eigenvalue weighted by Gasteiger charge is 2.21. The van der Waals surface area contributed by atoms with E-state index in [0.717, 1.165) is 5.69 Å². The first-order valence-electron chi connectivity index (χ1n) is 4.73. The smallest absolute Gasteiger partial charge is 0.236 e. The predicted octanol–water partition coefficient (Wildman–Crippen LogP) is -0.0471. The van der Waals surface area contributed by atoms with Crippen molar-refractivity contribution in [3.05, 3.63) is 18.2 Å². The molecule has 4 N–H and O–H groups in total. The second-order valence-electron chi connectivity index (χ2n) is 3.43. The molecule has 0 aliphatic carbocycles. The highest BCUT2D eigenvalue weighted by atomic mass is 16.5. The molecular formula is C10H13N3O2. The molecule has 0 radical (unpaired) electrons. The number of fused-ring (bicyclic) bond motifs is 1. The Labute approximate surface area is 87.6 Å². The summed E-state index contributed by atoms with van der Waals surface area (Å²) in [6.45, 7) is 1.35. The number of ether oxygens (including phenoxy) is 1. The molecule has 0 unspecified atom stereocenters. The number of hydrogen-bond donors (Lipinski definition) is 2. The van der Waals surface area contributed by atoms with Crippen LogP contribution in [0.3, 0.4) is 0 Å². The van der Waals surface area contributed by atoms with Gasteiger partial charge < -0.3 is 21.1 Å². The molecule has 0 atom stereocenters. The van der Waals surface area contributed by atoms with Crippen LogP contribution >= 0.6 is 0 Å². The van der Waals surface area contributed by atoms with Crippen molar-refractivity contribution in [2.24, 2.45) is 5.73 Å². The first kappa shape index (κ1) is 9.64. The summed E-state index contributed by atoms with van der Waals surface area (Å²) in [6.07, 6.45) is 0. The molecule has 1 aromatic rings. The number of nitrogens with two attached hydrogens (primary N) is 2. The lowest BCUT2D eigenvalue weighted by Crippen LogP contribution is -2.39. The van der Waals surface area contributed by atoms with Gasteiger partial charge in [0.25, 0.3) is 0 Å². The van der Waals surface area contributed by atoms with Crippen LogP contribution in [0.15, 0.2) is 18.2 Å². The Morgan fingerprint density at radius 1 is 1.53 bits per heavy atom. The van der Waals surface area contributed by atoms with Crippen LogP contribution < -0.4 is 21.1 Å². The fourth-order valence-electron chi connectivity index (χ4n) is 1.72. The monoisotopic (exact) mass is 207 g/mol. The van der Waals surface area contributed by atoms with Gasteiger partial charge in [-0.1, -0.05) is 6.07 Å². The molecule has 1 aliphatic heterocycles.